The summed E-state index contributed by atoms with van der Waals surface area (Å²) >= 11 is 0. The van der Waals surface area contributed by atoms with E-state index in [9.17, 15) is 14.7 Å². The van der Waals surface area contributed by atoms with Gasteiger partial charge >= 0.3 is 0 Å². The second-order valence-corrected chi connectivity index (χ2v) is 5.76. The van der Waals surface area contributed by atoms with Gasteiger partial charge in [-0.2, -0.15) is 0 Å². The van der Waals surface area contributed by atoms with E-state index in [0.717, 1.165) is 25.7 Å². The SMILES string of the molecule is O=C(Nc1ccncc1)C1C(=O)NC2CCCCC2C1O. The molecule has 0 bridgehead atoms. The number of nitrogens with zero attached hydrogens (tertiary/aromatic N) is 1. The third kappa shape index (κ3) is 2.76. The van der Waals surface area contributed by atoms with Crippen molar-refractivity contribution in [1.29, 1.82) is 0 Å². The van der Waals surface area contributed by atoms with Crippen LogP contribution >= 0.6 is 0 Å². The summed E-state index contributed by atoms with van der Waals surface area (Å²) in [5.74, 6) is -1.91. The minimum atomic E-state index is -1.04. The van der Waals surface area contributed by atoms with Gasteiger partial charge in [0.15, 0.2) is 0 Å². The molecular formula is C15H19N3O3. The maximum absolute atomic E-state index is 12.3. The lowest BCUT2D eigenvalue weighted by Gasteiger charge is -2.42. The molecule has 1 aromatic rings. The molecule has 112 valence electrons. The molecule has 1 saturated heterocycles. The van der Waals surface area contributed by atoms with Crippen molar-refractivity contribution in [2.45, 2.75) is 37.8 Å². The highest BCUT2D eigenvalue weighted by atomic mass is 16.3. The van der Waals surface area contributed by atoms with Crippen molar-refractivity contribution in [3.8, 4) is 0 Å². The summed E-state index contributed by atoms with van der Waals surface area (Å²) in [6.45, 7) is 0. The number of aliphatic hydroxyl groups excluding tert-OH is 1. The summed E-state index contributed by atoms with van der Waals surface area (Å²) < 4.78 is 0. The number of aliphatic hydroxyl groups is 1. The molecule has 1 saturated carbocycles. The number of anilines is 1. The van der Waals surface area contributed by atoms with Crippen molar-refractivity contribution in [3.63, 3.8) is 0 Å². The first kappa shape index (κ1) is 14.0. The summed E-state index contributed by atoms with van der Waals surface area (Å²) in [6.07, 6.45) is 6.03. The number of pyridine rings is 1. The van der Waals surface area contributed by atoms with Gasteiger partial charge in [0.2, 0.25) is 11.8 Å². The predicted molar refractivity (Wildman–Crippen MR) is 76.3 cm³/mol. The Morgan fingerprint density at radius 2 is 2.00 bits per heavy atom. The van der Waals surface area contributed by atoms with Crippen LogP contribution < -0.4 is 10.6 Å². The first-order valence-corrected chi connectivity index (χ1v) is 7.36. The number of hydrogen-bond acceptors (Lipinski definition) is 4. The van der Waals surface area contributed by atoms with Gasteiger partial charge in [-0.3, -0.25) is 14.6 Å². The largest absolute Gasteiger partial charge is 0.391 e. The first-order valence-electron chi connectivity index (χ1n) is 7.36. The summed E-state index contributed by atoms with van der Waals surface area (Å²) in [5, 5.41) is 16.0. The molecule has 1 aromatic heterocycles. The second-order valence-electron chi connectivity index (χ2n) is 5.76. The molecule has 4 atom stereocenters. The Morgan fingerprint density at radius 3 is 2.76 bits per heavy atom. The number of fused-ring (bicyclic) bond motifs is 1. The van der Waals surface area contributed by atoms with Crippen LogP contribution in [0.1, 0.15) is 25.7 Å². The average Bonchev–Trinajstić information content (AvgIpc) is 2.48. The highest BCUT2D eigenvalue weighted by Crippen LogP contribution is 2.34. The van der Waals surface area contributed by atoms with E-state index >= 15 is 0 Å². The molecule has 0 radical (unpaired) electrons. The Hall–Kier alpha value is -1.95. The number of amides is 2. The van der Waals surface area contributed by atoms with E-state index in [4.69, 9.17) is 0 Å². The van der Waals surface area contributed by atoms with Gasteiger partial charge in [-0.15, -0.1) is 0 Å². The Bertz CT molecular complexity index is 534. The highest BCUT2D eigenvalue weighted by Gasteiger charge is 2.47. The smallest absolute Gasteiger partial charge is 0.239 e. The number of carbonyl (C=O) groups is 2. The molecule has 2 amide bonds. The van der Waals surface area contributed by atoms with Crippen LogP contribution in [-0.2, 0) is 9.59 Å². The van der Waals surface area contributed by atoms with Crippen LogP contribution in [0.5, 0.6) is 0 Å². The molecule has 2 heterocycles. The van der Waals surface area contributed by atoms with Crippen LogP contribution in [0.4, 0.5) is 5.69 Å². The van der Waals surface area contributed by atoms with Crippen molar-refractivity contribution >= 4 is 17.5 Å². The number of carbonyl (C=O) groups excluding carboxylic acids is 2. The van der Waals surface area contributed by atoms with Gasteiger partial charge in [0.05, 0.1) is 6.10 Å². The number of nitrogens with one attached hydrogen (secondary N) is 2. The molecule has 0 spiro atoms. The number of rotatable bonds is 2. The minimum absolute atomic E-state index is 0.00576. The molecule has 21 heavy (non-hydrogen) atoms. The van der Waals surface area contributed by atoms with Gasteiger partial charge < -0.3 is 15.7 Å². The van der Waals surface area contributed by atoms with Crippen molar-refractivity contribution in [2.24, 2.45) is 11.8 Å². The van der Waals surface area contributed by atoms with Crippen molar-refractivity contribution in [2.75, 3.05) is 5.32 Å². The number of piperidine rings is 1. The zero-order valence-electron chi connectivity index (χ0n) is 11.7. The molecule has 3 N–H and O–H groups in total. The zero-order valence-corrected chi connectivity index (χ0v) is 11.7. The second kappa shape index (κ2) is 5.81. The fourth-order valence-corrected chi connectivity index (χ4v) is 3.35. The van der Waals surface area contributed by atoms with Gasteiger partial charge in [-0.25, -0.2) is 0 Å². The van der Waals surface area contributed by atoms with Crippen LogP contribution in [-0.4, -0.2) is 34.1 Å². The molecule has 0 aromatic carbocycles. The lowest BCUT2D eigenvalue weighted by molar-refractivity contribution is -0.146. The van der Waals surface area contributed by atoms with Gasteiger partial charge in [-0.05, 0) is 25.0 Å². The van der Waals surface area contributed by atoms with Gasteiger partial charge in [0, 0.05) is 30.0 Å². The van der Waals surface area contributed by atoms with E-state index < -0.39 is 17.9 Å². The van der Waals surface area contributed by atoms with E-state index in [0.29, 0.717) is 5.69 Å². The minimum Gasteiger partial charge on any atom is -0.391 e. The standard InChI is InChI=1S/C15H19N3O3/c19-13-10-3-1-2-4-11(10)18-15(21)12(13)14(20)17-9-5-7-16-8-6-9/h5-8,10-13,19H,1-4H2,(H,18,21)(H,16,17,20). The summed E-state index contributed by atoms with van der Waals surface area (Å²) in [6, 6.07) is 3.30. The predicted octanol–water partition coefficient (Wildman–Crippen LogP) is 0.686. The summed E-state index contributed by atoms with van der Waals surface area (Å²) in [7, 11) is 0. The molecule has 2 fully saturated rings. The summed E-state index contributed by atoms with van der Waals surface area (Å²) in [5.41, 5.74) is 0.570. The van der Waals surface area contributed by atoms with Crippen LogP contribution in [0.3, 0.4) is 0 Å². The molecule has 2 aliphatic rings. The number of aromatic nitrogens is 1. The maximum Gasteiger partial charge on any atom is 0.239 e. The molecule has 1 aliphatic heterocycles. The monoisotopic (exact) mass is 289 g/mol. The van der Waals surface area contributed by atoms with Gasteiger partial charge in [0.25, 0.3) is 0 Å². The van der Waals surface area contributed by atoms with E-state index in [1.54, 1.807) is 24.5 Å². The molecule has 6 nitrogen and oxygen atoms in total. The van der Waals surface area contributed by atoms with E-state index in [1.807, 2.05) is 0 Å². The lowest BCUT2D eigenvalue weighted by atomic mass is 9.73. The molecule has 6 heteroatoms. The van der Waals surface area contributed by atoms with E-state index in [-0.39, 0.29) is 17.9 Å². The topological polar surface area (TPSA) is 91.3 Å². The number of hydrogen-bond donors (Lipinski definition) is 3. The third-order valence-corrected chi connectivity index (χ3v) is 4.44. The fraction of sp³-hybridized carbons (Fsp3) is 0.533. The van der Waals surface area contributed by atoms with Crippen LogP contribution in [0.2, 0.25) is 0 Å². The molecule has 1 aliphatic carbocycles. The molecule has 4 unspecified atom stereocenters. The van der Waals surface area contributed by atoms with Crippen LogP contribution in [0, 0.1) is 11.8 Å². The Morgan fingerprint density at radius 1 is 1.29 bits per heavy atom. The average molecular weight is 289 g/mol. The van der Waals surface area contributed by atoms with Crippen LogP contribution in [0.15, 0.2) is 24.5 Å². The molecule has 3 rings (SSSR count). The third-order valence-electron chi connectivity index (χ3n) is 4.44. The van der Waals surface area contributed by atoms with Gasteiger partial charge in [-0.1, -0.05) is 12.8 Å². The summed E-state index contributed by atoms with van der Waals surface area (Å²) in [4.78, 5) is 28.3. The van der Waals surface area contributed by atoms with E-state index in [2.05, 4.69) is 15.6 Å². The maximum atomic E-state index is 12.3. The molecular weight excluding hydrogens is 270 g/mol. The van der Waals surface area contributed by atoms with Crippen molar-refractivity contribution in [3.05, 3.63) is 24.5 Å². The lowest BCUT2D eigenvalue weighted by Crippen LogP contribution is -2.60. The van der Waals surface area contributed by atoms with E-state index in [1.165, 1.54) is 0 Å². The van der Waals surface area contributed by atoms with Gasteiger partial charge in [0.1, 0.15) is 5.92 Å². The Kier molecular flexibility index (Phi) is 3.88. The quantitative estimate of drug-likeness (QED) is 0.698. The van der Waals surface area contributed by atoms with Crippen molar-refractivity contribution in [1.82, 2.24) is 10.3 Å². The zero-order chi connectivity index (χ0) is 14.8. The Balaban J connectivity index is 1.74. The van der Waals surface area contributed by atoms with Crippen molar-refractivity contribution < 1.29 is 14.7 Å². The normalized spacial score (nSPS) is 32.0. The fourth-order valence-electron chi connectivity index (χ4n) is 3.35. The highest BCUT2D eigenvalue weighted by molar-refractivity contribution is 6.07. The Labute approximate surface area is 123 Å². The van der Waals surface area contributed by atoms with Crippen LogP contribution in [0.25, 0.3) is 0 Å². The first-order chi connectivity index (χ1) is 10.2.